The summed E-state index contributed by atoms with van der Waals surface area (Å²) in [6.45, 7) is 6.13. The molecule has 0 N–H and O–H groups in total. The van der Waals surface area contributed by atoms with Crippen LogP contribution in [0.5, 0.6) is 0 Å². The second-order valence-electron chi connectivity index (χ2n) is 7.32. The van der Waals surface area contributed by atoms with Crippen molar-refractivity contribution in [2.75, 3.05) is 6.54 Å². The van der Waals surface area contributed by atoms with Crippen molar-refractivity contribution in [3.63, 3.8) is 0 Å². The number of rotatable bonds is 5. The zero-order valence-corrected chi connectivity index (χ0v) is 16.6. The van der Waals surface area contributed by atoms with Gasteiger partial charge in [-0.15, -0.1) is 11.3 Å². The van der Waals surface area contributed by atoms with Gasteiger partial charge in [0, 0.05) is 23.3 Å². The van der Waals surface area contributed by atoms with Gasteiger partial charge in [-0.1, -0.05) is 12.1 Å². The fourth-order valence-electron chi connectivity index (χ4n) is 3.95. The lowest BCUT2D eigenvalue weighted by molar-refractivity contribution is 0.246. The first-order valence-corrected chi connectivity index (χ1v) is 10.3. The average Bonchev–Trinajstić information content (AvgIpc) is 3.24. The summed E-state index contributed by atoms with van der Waals surface area (Å²) in [6.07, 6.45) is 5.05. The lowest BCUT2D eigenvalue weighted by atomic mass is 10.0. The van der Waals surface area contributed by atoms with Crippen LogP contribution in [0.15, 0.2) is 42.6 Å². The summed E-state index contributed by atoms with van der Waals surface area (Å²) >= 11 is 1.77. The first-order chi connectivity index (χ1) is 13.1. The van der Waals surface area contributed by atoms with Gasteiger partial charge >= 0.3 is 0 Å². The number of hydrogen-bond acceptors (Lipinski definition) is 4. The maximum atomic E-state index is 13.5. The van der Waals surface area contributed by atoms with Crippen molar-refractivity contribution in [1.82, 2.24) is 14.9 Å². The Morgan fingerprint density at radius 2 is 2.07 bits per heavy atom. The van der Waals surface area contributed by atoms with Crippen molar-refractivity contribution in [1.29, 1.82) is 0 Å². The van der Waals surface area contributed by atoms with Crippen LogP contribution in [0.3, 0.4) is 0 Å². The highest BCUT2D eigenvalue weighted by Gasteiger charge is 2.28. The number of benzene rings is 1. The molecule has 1 atom stereocenters. The van der Waals surface area contributed by atoms with E-state index in [1.54, 1.807) is 23.5 Å². The van der Waals surface area contributed by atoms with Crippen molar-refractivity contribution >= 4 is 11.3 Å². The monoisotopic (exact) mass is 381 g/mol. The largest absolute Gasteiger partial charge is 0.290 e. The van der Waals surface area contributed by atoms with E-state index in [0.29, 0.717) is 6.04 Å². The lowest BCUT2D eigenvalue weighted by Crippen LogP contribution is -2.23. The third kappa shape index (κ3) is 4.42. The molecule has 0 amide bonds. The third-order valence-electron chi connectivity index (χ3n) is 5.06. The van der Waals surface area contributed by atoms with Gasteiger partial charge in [0.1, 0.15) is 5.82 Å². The number of aryl methyl sites for hydroxylation is 2. The van der Waals surface area contributed by atoms with E-state index in [-0.39, 0.29) is 5.82 Å². The van der Waals surface area contributed by atoms with Gasteiger partial charge in [0.2, 0.25) is 0 Å². The van der Waals surface area contributed by atoms with E-state index in [0.717, 1.165) is 47.9 Å². The predicted octanol–water partition coefficient (Wildman–Crippen LogP) is 5.22. The van der Waals surface area contributed by atoms with E-state index in [9.17, 15) is 4.39 Å². The van der Waals surface area contributed by atoms with Crippen LogP contribution >= 0.6 is 11.3 Å². The van der Waals surface area contributed by atoms with E-state index < -0.39 is 0 Å². The molecule has 27 heavy (non-hydrogen) atoms. The van der Waals surface area contributed by atoms with Crippen LogP contribution < -0.4 is 0 Å². The van der Waals surface area contributed by atoms with Gasteiger partial charge in [-0.05, 0) is 75.0 Å². The highest BCUT2D eigenvalue weighted by molar-refractivity contribution is 7.11. The summed E-state index contributed by atoms with van der Waals surface area (Å²) in [5.41, 5.74) is 4.36. The van der Waals surface area contributed by atoms with E-state index in [2.05, 4.69) is 28.9 Å². The van der Waals surface area contributed by atoms with Crippen molar-refractivity contribution in [2.24, 2.45) is 0 Å². The molecular formula is C22H24FN3S. The summed E-state index contributed by atoms with van der Waals surface area (Å²) in [6, 6.07) is 11.5. The van der Waals surface area contributed by atoms with Crippen LogP contribution in [0.4, 0.5) is 4.39 Å². The van der Waals surface area contributed by atoms with Crippen LogP contribution in [0.25, 0.3) is 0 Å². The van der Waals surface area contributed by atoms with Crippen molar-refractivity contribution in [3.05, 3.63) is 80.8 Å². The number of thiazole rings is 1. The van der Waals surface area contributed by atoms with Crippen LogP contribution in [0.2, 0.25) is 0 Å². The molecule has 1 aromatic carbocycles. The Balaban J connectivity index is 1.56. The van der Waals surface area contributed by atoms with Gasteiger partial charge < -0.3 is 0 Å². The fourth-order valence-corrected chi connectivity index (χ4v) is 4.77. The Kier molecular flexibility index (Phi) is 5.32. The van der Waals surface area contributed by atoms with E-state index in [4.69, 9.17) is 4.98 Å². The topological polar surface area (TPSA) is 29.0 Å². The molecule has 0 radical (unpaired) electrons. The summed E-state index contributed by atoms with van der Waals surface area (Å²) < 4.78 is 13.5. The standard InChI is InChI=1S/C22H24FN3S/c1-15-9-18(10-17-5-3-6-19(23)11-17)12-21(25-15)22-7-4-8-26(22)14-20-13-24-16(2)27-20/h3,5-6,9,11-13,22H,4,7-8,10,14H2,1-2H3. The second-order valence-corrected chi connectivity index (χ2v) is 8.64. The molecular weight excluding hydrogens is 357 g/mol. The second kappa shape index (κ2) is 7.87. The molecule has 0 bridgehead atoms. The smallest absolute Gasteiger partial charge is 0.123 e. The van der Waals surface area contributed by atoms with Crippen molar-refractivity contribution in [2.45, 2.75) is 45.7 Å². The van der Waals surface area contributed by atoms with E-state index in [1.807, 2.05) is 19.2 Å². The normalized spacial score (nSPS) is 17.5. The summed E-state index contributed by atoms with van der Waals surface area (Å²) in [4.78, 5) is 13.1. The minimum absolute atomic E-state index is 0.180. The number of nitrogens with zero attached hydrogens (tertiary/aromatic N) is 3. The van der Waals surface area contributed by atoms with Crippen LogP contribution in [0, 0.1) is 19.7 Å². The maximum absolute atomic E-state index is 13.5. The zero-order valence-electron chi connectivity index (χ0n) is 15.8. The summed E-state index contributed by atoms with van der Waals surface area (Å²) in [5.74, 6) is -0.180. The van der Waals surface area contributed by atoms with Gasteiger partial charge in [-0.25, -0.2) is 9.37 Å². The molecule has 1 fully saturated rings. The van der Waals surface area contributed by atoms with Crippen LogP contribution in [0.1, 0.15) is 51.3 Å². The SMILES string of the molecule is Cc1cc(Cc2cccc(F)c2)cc(C2CCCN2Cc2cnc(C)s2)n1. The molecule has 1 aliphatic rings. The first kappa shape index (κ1) is 18.3. The van der Waals surface area contributed by atoms with Crippen molar-refractivity contribution < 1.29 is 4.39 Å². The molecule has 1 aliphatic heterocycles. The molecule has 140 valence electrons. The van der Waals surface area contributed by atoms with Gasteiger partial charge in [-0.2, -0.15) is 0 Å². The van der Waals surface area contributed by atoms with Crippen LogP contribution in [-0.2, 0) is 13.0 Å². The molecule has 3 nitrogen and oxygen atoms in total. The molecule has 1 unspecified atom stereocenters. The molecule has 0 aliphatic carbocycles. The number of pyridine rings is 1. The molecule has 5 heteroatoms. The minimum atomic E-state index is -0.180. The molecule has 0 spiro atoms. The zero-order chi connectivity index (χ0) is 18.8. The summed E-state index contributed by atoms with van der Waals surface area (Å²) in [5, 5.41) is 1.12. The van der Waals surface area contributed by atoms with Gasteiger partial charge in [0.15, 0.2) is 0 Å². The predicted molar refractivity (Wildman–Crippen MR) is 107 cm³/mol. The molecule has 0 saturated carbocycles. The van der Waals surface area contributed by atoms with E-state index >= 15 is 0 Å². The Morgan fingerprint density at radius 3 is 2.85 bits per heavy atom. The Morgan fingerprint density at radius 1 is 1.19 bits per heavy atom. The number of likely N-dealkylation sites (tertiary alicyclic amines) is 1. The first-order valence-electron chi connectivity index (χ1n) is 9.44. The molecule has 1 saturated heterocycles. The minimum Gasteiger partial charge on any atom is -0.290 e. The number of hydrogen-bond donors (Lipinski definition) is 0. The number of halogens is 1. The highest BCUT2D eigenvalue weighted by atomic mass is 32.1. The molecule has 2 aromatic heterocycles. The maximum Gasteiger partial charge on any atom is 0.123 e. The molecule has 4 rings (SSSR count). The average molecular weight is 382 g/mol. The molecule has 3 aromatic rings. The van der Waals surface area contributed by atoms with Crippen LogP contribution in [-0.4, -0.2) is 21.4 Å². The van der Waals surface area contributed by atoms with E-state index in [1.165, 1.54) is 22.9 Å². The third-order valence-corrected chi connectivity index (χ3v) is 5.96. The summed E-state index contributed by atoms with van der Waals surface area (Å²) in [7, 11) is 0. The lowest BCUT2D eigenvalue weighted by Gasteiger charge is -2.24. The van der Waals surface area contributed by atoms with Gasteiger partial charge in [0.25, 0.3) is 0 Å². The Labute approximate surface area is 163 Å². The van der Waals surface area contributed by atoms with Gasteiger partial charge in [0.05, 0.1) is 16.7 Å². The van der Waals surface area contributed by atoms with Crippen molar-refractivity contribution in [3.8, 4) is 0 Å². The quantitative estimate of drug-likeness (QED) is 0.606. The molecule has 3 heterocycles. The Bertz CT molecular complexity index is 937. The Hall–Kier alpha value is -2.11. The number of aromatic nitrogens is 2. The fraction of sp³-hybridized carbons (Fsp3) is 0.364. The highest BCUT2D eigenvalue weighted by Crippen LogP contribution is 2.33. The van der Waals surface area contributed by atoms with Gasteiger partial charge in [-0.3, -0.25) is 9.88 Å².